The lowest BCUT2D eigenvalue weighted by molar-refractivity contribution is 0.899. The van der Waals surface area contributed by atoms with E-state index in [9.17, 15) is 0 Å². The monoisotopic (exact) mass is 304 g/mol. The molecule has 0 saturated carbocycles. The molecule has 18 heavy (non-hydrogen) atoms. The summed E-state index contributed by atoms with van der Waals surface area (Å²) in [6.45, 7) is 0.732. The molecule has 0 spiro atoms. The number of pyridine rings is 1. The second-order valence-electron chi connectivity index (χ2n) is 4.37. The molecule has 0 aliphatic heterocycles. The molecule has 0 atom stereocenters. The van der Waals surface area contributed by atoms with Gasteiger partial charge >= 0.3 is 0 Å². The van der Waals surface area contributed by atoms with Crippen molar-refractivity contribution in [3.8, 4) is 0 Å². The Bertz CT molecular complexity index is 571. The summed E-state index contributed by atoms with van der Waals surface area (Å²) in [7, 11) is 0. The van der Waals surface area contributed by atoms with E-state index in [0.29, 0.717) is 0 Å². The fourth-order valence-electron chi connectivity index (χ4n) is 2.25. The second-order valence-corrected chi connectivity index (χ2v) is 5.28. The number of aromatic nitrogens is 3. The average Bonchev–Trinajstić information content (AvgIpc) is 2.85. The van der Waals surface area contributed by atoms with Gasteiger partial charge in [0.05, 0.1) is 0 Å². The largest absolute Gasteiger partial charge is 0.366 e. The second kappa shape index (κ2) is 5.02. The van der Waals surface area contributed by atoms with Gasteiger partial charge < -0.3 is 5.32 Å². The summed E-state index contributed by atoms with van der Waals surface area (Å²) >= 11 is 3.42. The van der Waals surface area contributed by atoms with E-state index in [1.165, 1.54) is 17.7 Å². The first kappa shape index (κ1) is 11.6. The number of nitrogens with one attached hydrogen (secondary N) is 1. The zero-order valence-corrected chi connectivity index (χ0v) is 11.4. The Morgan fingerprint density at radius 2 is 2.17 bits per heavy atom. The van der Waals surface area contributed by atoms with Crippen molar-refractivity contribution in [1.29, 1.82) is 0 Å². The molecule has 0 aromatic carbocycles. The van der Waals surface area contributed by atoms with Gasteiger partial charge in [-0.05, 0) is 46.8 Å². The average molecular weight is 305 g/mol. The van der Waals surface area contributed by atoms with Crippen molar-refractivity contribution in [3.05, 3.63) is 46.1 Å². The van der Waals surface area contributed by atoms with Gasteiger partial charge in [0.1, 0.15) is 12.1 Å². The lowest BCUT2D eigenvalue weighted by Crippen LogP contribution is -2.05. The van der Waals surface area contributed by atoms with Crippen LogP contribution in [0.3, 0.4) is 0 Å². The van der Waals surface area contributed by atoms with Crippen LogP contribution >= 0.6 is 15.9 Å². The van der Waals surface area contributed by atoms with E-state index in [1.807, 2.05) is 6.20 Å². The van der Waals surface area contributed by atoms with E-state index < -0.39 is 0 Å². The summed E-state index contributed by atoms with van der Waals surface area (Å²) in [5, 5.41) is 3.38. The molecule has 2 aromatic heterocycles. The minimum Gasteiger partial charge on any atom is -0.366 e. The Labute approximate surface area is 114 Å². The van der Waals surface area contributed by atoms with Gasteiger partial charge in [-0.15, -0.1) is 0 Å². The Balaban J connectivity index is 1.76. The molecular formula is C13H13BrN4. The molecule has 0 fully saturated rings. The van der Waals surface area contributed by atoms with Gasteiger partial charge in [-0.2, -0.15) is 0 Å². The van der Waals surface area contributed by atoms with Crippen LogP contribution in [0, 0.1) is 0 Å². The molecule has 4 nitrogen and oxygen atoms in total. The maximum atomic E-state index is 4.33. The van der Waals surface area contributed by atoms with Crippen molar-refractivity contribution >= 4 is 21.7 Å². The fraction of sp³-hybridized carbons (Fsp3) is 0.308. The molecule has 92 valence electrons. The van der Waals surface area contributed by atoms with Gasteiger partial charge in [0.15, 0.2) is 0 Å². The van der Waals surface area contributed by atoms with E-state index in [4.69, 9.17) is 0 Å². The van der Waals surface area contributed by atoms with Crippen LogP contribution in [0.4, 0.5) is 5.82 Å². The third-order valence-corrected chi connectivity index (χ3v) is 3.53. The molecule has 2 heterocycles. The quantitative estimate of drug-likeness (QED) is 0.947. The number of aryl methyl sites for hydroxylation is 1. The molecule has 1 N–H and O–H groups in total. The van der Waals surface area contributed by atoms with Crippen LogP contribution in [0.15, 0.2) is 29.3 Å². The number of rotatable bonds is 3. The SMILES string of the molecule is Brc1cncc(CNc2ncnc3c2CCC3)c1. The van der Waals surface area contributed by atoms with Crippen molar-refractivity contribution in [1.82, 2.24) is 15.0 Å². The normalized spacial score (nSPS) is 13.4. The Morgan fingerprint density at radius 1 is 1.22 bits per heavy atom. The Hall–Kier alpha value is -1.49. The highest BCUT2D eigenvalue weighted by molar-refractivity contribution is 9.10. The molecule has 0 radical (unpaired) electrons. The molecular weight excluding hydrogens is 292 g/mol. The maximum absolute atomic E-state index is 4.33. The van der Waals surface area contributed by atoms with E-state index in [1.54, 1.807) is 12.5 Å². The van der Waals surface area contributed by atoms with E-state index in [-0.39, 0.29) is 0 Å². The van der Waals surface area contributed by atoms with Crippen LogP contribution in [0.1, 0.15) is 23.2 Å². The minimum atomic E-state index is 0.732. The topological polar surface area (TPSA) is 50.7 Å². The summed E-state index contributed by atoms with van der Waals surface area (Å²) in [6, 6.07) is 2.06. The van der Waals surface area contributed by atoms with Crippen molar-refractivity contribution in [2.24, 2.45) is 0 Å². The molecule has 0 saturated heterocycles. The summed E-state index contributed by atoms with van der Waals surface area (Å²) in [4.78, 5) is 12.8. The third-order valence-electron chi connectivity index (χ3n) is 3.10. The highest BCUT2D eigenvalue weighted by atomic mass is 79.9. The molecule has 1 aliphatic carbocycles. The van der Waals surface area contributed by atoms with E-state index >= 15 is 0 Å². The van der Waals surface area contributed by atoms with Crippen molar-refractivity contribution in [2.45, 2.75) is 25.8 Å². The van der Waals surface area contributed by atoms with Gasteiger partial charge in [-0.1, -0.05) is 0 Å². The van der Waals surface area contributed by atoms with Crippen LogP contribution < -0.4 is 5.32 Å². The number of hydrogen-bond donors (Lipinski definition) is 1. The van der Waals surface area contributed by atoms with Crippen LogP contribution in [0.5, 0.6) is 0 Å². The predicted molar refractivity (Wildman–Crippen MR) is 73.3 cm³/mol. The summed E-state index contributed by atoms with van der Waals surface area (Å²) in [6.07, 6.45) is 8.62. The van der Waals surface area contributed by atoms with Gasteiger partial charge in [0.2, 0.25) is 0 Å². The van der Waals surface area contributed by atoms with Crippen LogP contribution in [-0.4, -0.2) is 15.0 Å². The molecule has 0 bridgehead atoms. The summed E-state index contributed by atoms with van der Waals surface area (Å²) < 4.78 is 0.995. The lowest BCUT2D eigenvalue weighted by atomic mass is 10.2. The number of hydrogen-bond acceptors (Lipinski definition) is 4. The first-order valence-electron chi connectivity index (χ1n) is 5.99. The third kappa shape index (κ3) is 2.36. The van der Waals surface area contributed by atoms with Gasteiger partial charge in [0.25, 0.3) is 0 Å². The highest BCUT2D eigenvalue weighted by Gasteiger charge is 2.16. The van der Waals surface area contributed by atoms with Crippen LogP contribution in [-0.2, 0) is 19.4 Å². The first-order chi connectivity index (χ1) is 8.83. The van der Waals surface area contributed by atoms with Gasteiger partial charge in [0, 0.05) is 34.7 Å². The molecule has 2 aromatic rings. The predicted octanol–water partition coefficient (Wildman–Crippen LogP) is 2.73. The number of anilines is 1. The molecule has 0 unspecified atom stereocenters. The van der Waals surface area contributed by atoms with Crippen molar-refractivity contribution < 1.29 is 0 Å². The Morgan fingerprint density at radius 3 is 3.06 bits per heavy atom. The smallest absolute Gasteiger partial charge is 0.133 e. The number of nitrogens with zero attached hydrogens (tertiary/aromatic N) is 3. The molecule has 1 aliphatic rings. The number of fused-ring (bicyclic) bond motifs is 1. The molecule has 3 rings (SSSR count). The summed E-state index contributed by atoms with van der Waals surface area (Å²) in [5.74, 6) is 0.970. The van der Waals surface area contributed by atoms with Crippen molar-refractivity contribution in [3.63, 3.8) is 0 Å². The number of halogens is 1. The van der Waals surface area contributed by atoms with Crippen molar-refractivity contribution in [2.75, 3.05) is 5.32 Å². The maximum Gasteiger partial charge on any atom is 0.133 e. The zero-order chi connectivity index (χ0) is 12.4. The minimum absolute atomic E-state index is 0.732. The summed E-state index contributed by atoms with van der Waals surface area (Å²) in [5.41, 5.74) is 3.61. The standard InChI is InChI=1S/C13H13BrN4/c14-10-4-9(5-15-7-10)6-16-13-11-2-1-3-12(11)17-8-18-13/h4-5,7-8H,1-3,6H2,(H,16,17,18). The van der Waals surface area contributed by atoms with E-state index in [0.717, 1.165) is 35.2 Å². The van der Waals surface area contributed by atoms with E-state index in [2.05, 4.69) is 42.3 Å². The fourth-order valence-corrected chi connectivity index (χ4v) is 2.66. The van der Waals surface area contributed by atoms with Crippen LogP contribution in [0.2, 0.25) is 0 Å². The Kier molecular flexibility index (Phi) is 3.23. The van der Waals surface area contributed by atoms with Crippen LogP contribution in [0.25, 0.3) is 0 Å². The molecule has 0 amide bonds. The zero-order valence-electron chi connectivity index (χ0n) is 9.86. The lowest BCUT2D eigenvalue weighted by Gasteiger charge is -2.09. The van der Waals surface area contributed by atoms with Gasteiger partial charge in [-0.3, -0.25) is 4.98 Å². The molecule has 5 heteroatoms. The van der Waals surface area contributed by atoms with Gasteiger partial charge in [-0.25, -0.2) is 9.97 Å². The highest BCUT2D eigenvalue weighted by Crippen LogP contribution is 2.25. The first-order valence-corrected chi connectivity index (χ1v) is 6.78.